The largest absolute Gasteiger partial charge is 0.339 e. The van der Waals surface area contributed by atoms with Crippen LogP contribution in [-0.2, 0) is 0 Å². The SMILES string of the molecule is Cl.O=C(c1ccc(C2SCCS2)cc1)N1CCC2(CCNC2)CC1. The van der Waals surface area contributed by atoms with Gasteiger partial charge in [-0.05, 0) is 48.9 Å². The lowest BCUT2D eigenvalue weighted by molar-refractivity contribution is 0.0607. The van der Waals surface area contributed by atoms with Gasteiger partial charge in [-0.1, -0.05) is 12.1 Å². The van der Waals surface area contributed by atoms with Crippen molar-refractivity contribution in [3.8, 4) is 0 Å². The van der Waals surface area contributed by atoms with Gasteiger partial charge in [0.15, 0.2) is 0 Å². The molecule has 6 heteroatoms. The zero-order valence-electron chi connectivity index (χ0n) is 13.8. The summed E-state index contributed by atoms with van der Waals surface area (Å²) >= 11 is 4.02. The Balaban J connectivity index is 0.00000169. The molecule has 3 aliphatic rings. The van der Waals surface area contributed by atoms with Crippen LogP contribution in [-0.4, -0.2) is 48.5 Å². The summed E-state index contributed by atoms with van der Waals surface area (Å²) in [4.78, 5) is 14.8. The van der Waals surface area contributed by atoms with Gasteiger partial charge in [-0.3, -0.25) is 4.79 Å². The van der Waals surface area contributed by atoms with Crippen LogP contribution in [0.3, 0.4) is 0 Å². The molecular weight excluding hydrogens is 360 g/mol. The van der Waals surface area contributed by atoms with Crippen LogP contribution in [0.25, 0.3) is 0 Å². The molecule has 0 bridgehead atoms. The van der Waals surface area contributed by atoms with E-state index >= 15 is 0 Å². The predicted molar refractivity (Wildman–Crippen MR) is 106 cm³/mol. The molecule has 1 aromatic rings. The lowest BCUT2D eigenvalue weighted by atomic mass is 9.78. The van der Waals surface area contributed by atoms with Crippen molar-refractivity contribution >= 4 is 41.8 Å². The molecule has 4 rings (SSSR count). The molecule has 1 aromatic carbocycles. The highest BCUT2D eigenvalue weighted by molar-refractivity contribution is 8.19. The van der Waals surface area contributed by atoms with E-state index in [1.807, 2.05) is 35.7 Å². The fourth-order valence-electron chi connectivity index (χ4n) is 3.92. The Bertz CT molecular complexity index is 559. The van der Waals surface area contributed by atoms with Gasteiger partial charge < -0.3 is 10.2 Å². The lowest BCUT2D eigenvalue weighted by Gasteiger charge is -2.38. The van der Waals surface area contributed by atoms with Crippen LogP contribution in [0.15, 0.2) is 24.3 Å². The smallest absolute Gasteiger partial charge is 0.253 e. The van der Waals surface area contributed by atoms with Crippen LogP contribution >= 0.6 is 35.9 Å². The molecule has 0 atom stereocenters. The van der Waals surface area contributed by atoms with Crippen molar-refractivity contribution in [2.75, 3.05) is 37.7 Å². The molecule has 3 nitrogen and oxygen atoms in total. The predicted octanol–water partition coefficient (Wildman–Crippen LogP) is 3.80. The Kier molecular flexibility index (Phi) is 6.07. The summed E-state index contributed by atoms with van der Waals surface area (Å²) in [6.45, 7) is 4.11. The number of hydrogen-bond acceptors (Lipinski definition) is 4. The van der Waals surface area contributed by atoms with Crippen molar-refractivity contribution in [2.24, 2.45) is 5.41 Å². The number of thioether (sulfide) groups is 2. The van der Waals surface area contributed by atoms with Gasteiger partial charge in [-0.2, -0.15) is 0 Å². The molecule has 0 aromatic heterocycles. The minimum Gasteiger partial charge on any atom is -0.339 e. The average Bonchev–Trinajstić information content (AvgIpc) is 3.28. The summed E-state index contributed by atoms with van der Waals surface area (Å²) in [6.07, 6.45) is 3.58. The van der Waals surface area contributed by atoms with E-state index in [1.165, 1.54) is 23.5 Å². The van der Waals surface area contributed by atoms with Crippen molar-refractivity contribution in [3.63, 3.8) is 0 Å². The minimum atomic E-state index is 0. The topological polar surface area (TPSA) is 32.3 Å². The lowest BCUT2D eigenvalue weighted by Crippen LogP contribution is -2.44. The van der Waals surface area contributed by atoms with Crippen LogP contribution in [0.5, 0.6) is 0 Å². The van der Waals surface area contributed by atoms with Gasteiger partial charge in [0.1, 0.15) is 0 Å². The molecule has 3 fully saturated rings. The van der Waals surface area contributed by atoms with Crippen molar-refractivity contribution in [3.05, 3.63) is 35.4 Å². The first-order chi connectivity index (χ1) is 11.3. The van der Waals surface area contributed by atoms with Gasteiger partial charge >= 0.3 is 0 Å². The van der Waals surface area contributed by atoms with Crippen LogP contribution < -0.4 is 5.32 Å². The molecule has 0 radical (unpaired) electrons. The maximum Gasteiger partial charge on any atom is 0.253 e. The van der Waals surface area contributed by atoms with Crippen LogP contribution in [0, 0.1) is 5.41 Å². The fraction of sp³-hybridized carbons (Fsp3) is 0.611. The first kappa shape index (κ1) is 18.4. The van der Waals surface area contributed by atoms with Crippen LogP contribution in [0.4, 0.5) is 0 Å². The number of carbonyl (C=O) groups is 1. The summed E-state index contributed by atoms with van der Waals surface area (Å²) in [7, 11) is 0. The summed E-state index contributed by atoms with van der Waals surface area (Å²) in [5, 5.41) is 3.48. The van der Waals surface area contributed by atoms with E-state index in [2.05, 4.69) is 22.3 Å². The second kappa shape index (κ2) is 7.90. The quantitative estimate of drug-likeness (QED) is 0.840. The van der Waals surface area contributed by atoms with Gasteiger partial charge in [0.05, 0.1) is 4.58 Å². The molecule has 1 amide bonds. The van der Waals surface area contributed by atoms with Gasteiger partial charge in [-0.15, -0.1) is 35.9 Å². The van der Waals surface area contributed by atoms with E-state index in [-0.39, 0.29) is 18.3 Å². The summed E-state index contributed by atoms with van der Waals surface area (Å²) in [6, 6.07) is 8.35. The number of halogens is 1. The van der Waals surface area contributed by atoms with Crippen molar-refractivity contribution in [1.82, 2.24) is 10.2 Å². The number of nitrogens with zero attached hydrogens (tertiary/aromatic N) is 1. The van der Waals surface area contributed by atoms with Gasteiger partial charge in [0.25, 0.3) is 5.91 Å². The Labute approximate surface area is 159 Å². The Morgan fingerprint density at radius 3 is 2.33 bits per heavy atom. The standard InChI is InChI=1S/C18H24N2OS2.ClH/c21-16(20-9-6-18(7-10-20)5-8-19-13-18)14-1-3-15(4-2-14)17-22-11-12-23-17;/h1-4,17,19H,5-13H2;1H. The molecule has 3 aliphatic heterocycles. The maximum absolute atomic E-state index is 12.7. The number of benzene rings is 1. The summed E-state index contributed by atoms with van der Waals surface area (Å²) in [5.74, 6) is 2.69. The molecular formula is C18H25ClN2OS2. The van der Waals surface area contributed by atoms with E-state index in [0.29, 0.717) is 10.00 Å². The minimum absolute atomic E-state index is 0. The Morgan fingerprint density at radius 2 is 1.75 bits per heavy atom. The molecule has 0 unspecified atom stereocenters. The molecule has 3 saturated heterocycles. The first-order valence-corrected chi connectivity index (χ1v) is 10.7. The van der Waals surface area contributed by atoms with Crippen LogP contribution in [0.1, 0.15) is 39.8 Å². The summed E-state index contributed by atoms with van der Waals surface area (Å²) in [5.41, 5.74) is 2.67. The van der Waals surface area contributed by atoms with E-state index in [9.17, 15) is 4.79 Å². The molecule has 1 N–H and O–H groups in total. The number of rotatable bonds is 2. The summed E-state index contributed by atoms with van der Waals surface area (Å²) < 4.78 is 0.559. The fourth-order valence-corrected chi connectivity index (χ4v) is 6.78. The Hall–Kier alpha value is -0.360. The molecule has 24 heavy (non-hydrogen) atoms. The number of amides is 1. The normalized spacial score (nSPS) is 23.4. The second-order valence-electron chi connectivity index (χ2n) is 6.91. The van der Waals surface area contributed by atoms with Gasteiger partial charge in [0.2, 0.25) is 0 Å². The zero-order valence-corrected chi connectivity index (χ0v) is 16.3. The number of likely N-dealkylation sites (tertiary alicyclic amines) is 1. The molecule has 132 valence electrons. The van der Waals surface area contributed by atoms with Crippen molar-refractivity contribution in [2.45, 2.75) is 23.8 Å². The van der Waals surface area contributed by atoms with Crippen molar-refractivity contribution < 1.29 is 4.79 Å². The van der Waals surface area contributed by atoms with Crippen LogP contribution in [0.2, 0.25) is 0 Å². The van der Waals surface area contributed by atoms with Gasteiger partial charge in [0, 0.05) is 36.7 Å². The number of piperidine rings is 1. The number of nitrogens with one attached hydrogen (secondary N) is 1. The zero-order chi connectivity index (χ0) is 15.7. The van der Waals surface area contributed by atoms with Gasteiger partial charge in [-0.25, -0.2) is 0 Å². The highest BCUT2D eigenvalue weighted by Crippen LogP contribution is 2.45. The maximum atomic E-state index is 12.7. The first-order valence-electron chi connectivity index (χ1n) is 8.59. The molecule has 3 heterocycles. The second-order valence-corrected chi connectivity index (χ2v) is 9.64. The third-order valence-corrected chi connectivity index (χ3v) is 8.60. The highest BCUT2D eigenvalue weighted by Gasteiger charge is 2.38. The molecule has 0 saturated carbocycles. The Morgan fingerprint density at radius 1 is 1.08 bits per heavy atom. The van der Waals surface area contributed by atoms with Crippen molar-refractivity contribution in [1.29, 1.82) is 0 Å². The number of hydrogen-bond donors (Lipinski definition) is 1. The monoisotopic (exact) mass is 384 g/mol. The number of carbonyl (C=O) groups excluding carboxylic acids is 1. The molecule has 1 spiro atoms. The van der Waals surface area contributed by atoms with E-state index < -0.39 is 0 Å². The molecule has 0 aliphatic carbocycles. The van der Waals surface area contributed by atoms with E-state index in [0.717, 1.165) is 44.6 Å². The van der Waals surface area contributed by atoms with E-state index in [4.69, 9.17) is 0 Å². The third kappa shape index (κ3) is 3.74. The average molecular weight is 385 g/mol. The van der Waals surface area contributed by atoms with E-state index in [1.54, 1.807) is 0 Å². The third-order valence-electron chi connectivity index (χ3n) is 5.50. The highest BCUT2D eigenvalue weighted by atomic mass is 35.5.